The first kappa shape index (κ1) is 14.1. The summed E-state index contributed by atoms with van der Waals surface area (Å²) in [5.74, 6) is -0.141. The molecule has 0 saturated carbocycles. The lowest BCUT2D eigenvalue weighted by atomic mass is 10.1. The molecule has 0 radical (unpaired) electrons. The summed E-state index contributed by atoms with van der Waals surface area (Å²) in [5, 5.41) is 0.461. The molecular formula is C12H14ClNO2S. The zero-order valence-electron chi connectivity index (χ0n) is 9.99. The summed E-state index contributed by atoms with van der Waals surface area (Å²) < 4.78 is 0. The summed E-state index contributed by atoms with van der Waals surface area (Å²) in [7, 11) is 3.34. The van der Waals surface area contributed by atoms with Gasteiger partial charge in [0.25, 0.3) is 5.91 Å². The second kappa shape index (κ2) is 6.07. The molecular weight excluding hydrogens is 258 g/mol. The number of carbonyl (C=O) groups is 2. The first-order valence-electron chi connectivity index (χ1n) is 5.02. The van der Waals surface area contributed by atoms with Crippen molar-refractivity contribution < 1.29 is 9.59 Å². The second-order valence-corrected chi connectivity index (χ2v) is 5.04. The predicted octanol–water partition coefficient (Wildman–Crippen LogP) is 2.47. The zero-order chi connectivity index (χ0) is 13.0. The van der Waals surface area contributed by atoms with Crippen LogP contribution in [0.1, 0.15) is 15.9 Å². The number of amides is 1. The van der Waals surface area contributed by atoms with E-state index >= 15 is 0 Å². The SMILES string of the molecule is CSC(=O)Cc1ccc(C(=O)N(C)C)c(Cl)c1. The molecule has 0 atom stereocenters. The zero-order valence-corrected chi connectivity index (χ0v) is 11.6. The molecule has 92 valence electrons. The van der Waals surface area contributed by atoms with Crippen molar-refractivity contribution in [3.63, 3.8) is 0 Å². The third-order valence-electron chi connectivity index (χ3n) is 2.25. The maximum atomic E-state index is 11.7. The number of thioether (sulfide) groups is 1. The van der Waals surface area contributed by atoms with Crippen molar-refractivity contribution in [2.75, 3.05) is 20.4 Å². The van der Waals surface area contributed by atoms with E-state index in [9.17, 15) is 9.59 Å². The highest BCUT2D eigenvalue weighted by molar-refractivity contribution is 8.13. The highest BCUT2D eigenvalue weighted by Crippen LogP contribution is 2.20. The molecule has 1 aromatic rings. The summed E-state index contributed by atoms with van der Waals surface area (Å²) in [4.78, 5) is 24.5. The van der Waals surface area contributed by atoms with Crippen molar-refractivity contribution in [3.8, 4) is 0 Å². The fourth-order valence-corrected chi connectivity index (χ4v) is 1.92. The molecule has 0 aliphatic carbocycles. The fourth-order valence-electron chi connectivity index (χ4n) is 1.32. The molecule has 17 heavy (non-hydrogen) atoms. The minimum atomic E-state index is -0.141. The molecule has 1 aromatic carbocycles. The Kier molecular flexibility index (Phi) is 5.02. The standard InChI is InChI=1S/C12H14ClNO2S/c1-14(2)12(16)9-5-4-8(6-10(9)13)7-11(15)17-3/h4-6H,7H2,1-3H3. The van der Waals surface area contributed by atoms with Gasteiger partial charge in [-0.05, 0) is 24.0 Å². The lowest BCUT2D eigenvalue weighted by Crippen LogP contribution is -2.22. The average Bonchev–Trinajstić information content (AvgIpc) is 2.28. The highest BCUT2D eigenvalue weighted by atomic mass is 35.5. The van der Waals surface area contributed by atoms with Gasteiger partial charge in [0.1, 0.15) is 0 Å². The number of hydrogen-bond donors (Lipinski definition) is 0. The van der Waals surface area contributed by atoms with Crippen LogP contribution in [0.3, 0.4) is 0 Å². The molecule has 0 aromatic heterocycles. The summed E-state index contributed by atoms with van der Waals surface area (Å²) in [6.07, 6.45) is 2.07. The van der Waals surface area contributed by atoms with Crippen LogP contribution in [-0.4, -0.2) is 36.3 Å². The molecule has 0 N–H and O–H groups in total. The number of halogens is 1. The van der Waals surface area contributed by atoms with Crippen LogP contribution in [0.25, 0.3) is 0 Å². The van der Waals surface area contributed by atoms with Crippen LogP contribution >= 0.6 is 23.4 Å². The van der Waals surface area contributed by atoms with Gasteiger partial charge in [0.05, 0.1) is 10.6 Å². The van der Waals surface area contributed by atoms with Crippen molar-refractivity contribution in [1.82, 2.24) is 4.90 Å². The molecule has 5 heteroatoms. The molecule has 0 heterocycles. The molecule has 0 saturated heterocycles. The van der Waals surface area contributed by atoms with E-state index in [2.05, 4.69) is 0 Å². The van der Waals surface area contributed by atoms with Crippen LogP contribution in [0.4, 0.5) is 0 Å². The smallest absolute Gasteiger partial charge is 0.254 e. The Labute approximate surface area is 110 Å². The first-order chi connectivity index (χ1) is 7.95. The Balaban J connectivity index is 2.94. The van der Waals surface area contributed by atoms with E-state index in [1.807, 2.05) is 0 Å². The topological polar surface area (TPSA) is 37.4 Å². The van der Waals surface area contributed by atoms with E-state index in [0.29, 0.717) is 17.0 Å². The van der Waals surface area contributed by atoms with Gasteiger partial charge in [-0.25, -0.2) is 0 Å². The summed E-state index contributed by atoms with van der Waals surface area (Å²) in [6.45, 7) is 0. The van der Waals surface area contributed by atoms with Gasteiger partial charge in [0.15, 0.2) is 5.12 Å². The largest absolute Gasteiger partial charge is 0.345 e. The van der Waals surface area contributed by atoms with Gasteiger partial charge in [0.2, 0.25) is 0 Å². The number of hydrogen-bond acceptors (Lipinski definition) is 3. The van der Waals surface area contributed by atoms with Gasteiger partial charge >= 0.3 is 0 Å². The molecule has 0 fully saturated rings. The van der Waals surface area contributed by atoms with E-state index in [1.165, 1.54) is 16.7 Å². The maximum Gasteiger partial charge on any atom is 0.254 e. The van der Waals surface area contributed by atoms with Crippen LogP contribution < -0.4 is 0 Å². The maximum absolute atomic E-state index is 11.7. The normalized spacial score (nSPS) is 10.1. The van der Waals surface area contributed by atoms with Gasteiger partial charge in [-0.3, -0.25) is 9.59 Å². The molecule has 0 aliphatic heterocycles. The van der Waals surface area contributed by atoms with Crippen LogP contribution in [0.15, 0.2) is 18.2 Å². The third-order valence-corrected chi connectivity index (χ3v) is 3.16. The van der Waals surface area contributed by atoms with Crippen LogP contribution in [0, 0.1) is 0 Å². The fraction of sp³-hybridized carbons (Fsp3) is 0.333. The summed E-state index contributed by atoms with van der Waals surface area (Å²) in [5.41, 5.74) is 1.28. The van der Waals surface area contributed by atoms with Gasteiger partial charge < -0.3 is 4.90 Å². The Morgan fingerprint density at radius 2 is 2.00 bits per heavy atom. The minimum absolute atomic E-state index is 0.0766. The van der Waals surface area contributed by atoms with Crippen LogP contribution in [-0.2, 0) is 11.2 Å². The van der Waals surface area contributed by atoms with Crippen molar-refractivity contribution in [3.05, 3.63) is 34.3 Å². The molecule has 1 amide bonds. The molecule has 0 spiro atoms. The van der Waals surface area contributed by atoms with E-state index < -0.39 is 0 Å². The number of nitrogens with zero attached hydrogens (tertiary/aromatic N) is 1. The average molecular weight is 272 g/mol. The Bertz CT molecular complexity index is 446. The van der Waals surface area contributed by atoms with Gasteiger partial charge in [0, 0.05) is 20.5 Å². The van der Waals surface area contributed by atoms with Gasteiger partial charge in [-0.2, -0.15) is 0 Å². The van der Waals surface area contributed by atoms with Crippen molar-refractivity contribution in [1.29, 1.82) is 0 Å². The number of benzene rings is 1. The lowest BCUT2D eigenvalue weighted by Gasteiger charge is -2.12. The van der Waals surface area contributed by atoms with Crippen LogP contribution in [0.5, 0.6) is 0 Å². The number of carbonyl (C=O) groups excluding carboxylic acids is 2. The summed E-state index contributed by atoms with van der Waals surface area (Å²) >= 11 is 7.21. The van der Waals surface area contributed by atoms with E-state index in [0.717, 1.165) is 5.56 Å². The lowest BCUT2D eigenvalue weighted by molar-refractivity contribution is -0.110. The molecule has 3 nitrogen and oxygen atoms in total. The Morgan fingerprint density at radius 3 is 2.47 bits per heavy atom. The van der Waals surface area contributed by atoms with E-state index in [4.69, 9.17) is 11.6 Å². The first-order valence-corrected chi connectivity index (χ1v) is 6.63. The predicted molar refractivity (Wildman–Crippen MR) is 71.7 cm³/mol. The second-order valence-electron chi connectivity index (χ2n) is 3.77. The van der Waals surface area contributed by atoms with Crippen LogP contribution in [0.2, 0.25) is 5.02 Å². The minimum Gasteiger partial charge on any atom is -0.345 e. The molecule has 0 unspecified atom stereocenters. The Hall–Kier alpha value is -1.00. The Morgan fingerprint density at radius 1 is 1.35 bits per heavy atom. The van der Waals surface area contributed by atoms with Crippen molar-refractivity contribution >= 4 is 34.4 Å². The monoisotopic (exact) mass is 271 g/mol. The van der Waals surface area contributed by atoms with Crippen molar-refractivity contribution in [2.45, 2.75) is 6.42 Å². The highest BCUT2D eigenvalue weighted by Gasteiger charge is 2.13. The number of rotatable bonds is 3. The van der Waals surface area contributed by atoms with E-state index in [1.54, 1.807) is 38.6 Å². The molecule has 0 bridgehead atoms. The summed E-state index contributed by atoms with van der Waals surface area (Å²) in [6, 6.07) is 5.09. The molecule has 0 aliphatic rings. The third kappa shape index (κ3) is 3.75. The van der Waals surface area contributed by atoms with E-state index in [-0.39, 0.29) is 11.0 Å². The molecule has 1 rings (SSSR count). The van der Waals surface area contributed by atoms with Gasteiger partial charge in [-0.15, -0.1) is 0 Å². The van der Waals surface area contributed by atoms with Crippen molar-refractivity contribution in [2.24, 2.45) is 0 Å². The quantitative estimate of drug-likeness (QED) is 0.848. The van der Waals surface area contributed by atoms with Gasteiger partial charge in [-0.1, -0.05) is 29.4 Å².